The number of hydrogen-bond acceptors (Lipinski definition) is 4. The lowest BCUT2D eigenvalue weighted by molar-refractivity contribution is -0.123. The monoisotopic (exact) mass is 455 g/mol. The Morgan fingerprint density at radius 3 is 2.34 bits per heavy atom. The van der Waals surface area contributed by atoms with Gasteiger partial charge in [0.2, 0.25) is 5.91 Å². The molecule has 2 heterocycles. The summed E-state index contributed by atoms with van der Waals surface area (Å²) in [5.41, 5.74) is -0.235. The molecule has 2 aliphatic rings. The summed E-state index contributed by atoms with van der Waals surface area (Å²) in [5.74, 6) is -0.0731. The summed E-state index contributed by atoms with van der Waals surface area (Å²) in [6.07, 6.45) is 9.55. The minimum absolute atomic E-state index is 0.00726. The quantitative estimate of drug-likeness (QED) is 0.440. The molecule has 32 heavy (non-hydrogen) atoms. The van der Waals surface area contributed by atoms with Gasteiger partial charge in [0.25, 0.3) is 0 Å². The molecule has 2 aromatic carbocycles. The number of hydrogen-bond donors (Lipinski definition) is 0. The van der Waals surface area contributed by atoms with Crippen LogP contribution in [0.1, 0.15) is 37.7 Å². The molecule has 1 amide bonds. The predicted octanol–water partition coefficient (Wildman–Crippen LogP) is 6.19. The van der Waals surface area contributed by atoms with Crippen molar-refractivity contribution in [1.29, 1.82) is 0 Å². The summed E-state index contributed by atoms with van der Waals surface area (Å²) in [7, 11) is 0. The highest BCUT2D eigenvalue weighted by molar-refractivity contribution is 6.20. The number of rotatable bonds is 4. The standard InChI is InChI=1S/C24H20ClF2N3O2/c25-24(26,27)32-18-9-7-17(8-10-18)30-20-6-4-5-19(16-13-28-15-29-14-16)21(20)23(22(30)31)11-2-1-3-12-23/h4-10,13-15H,1-3,11-12H2. The highest BCUT2D eigenvalue weighted by Gasteiger charge is 2.52. The van der Waals surface area contributed by atoms with Crippen LogP contribution in [-0.2, 0) is 10.2 Å². The Labute approximate surface area is 189 Å². The average molecular weight is 456 g/mol. The van der Waals surface area contributed by atoms with Gasteiger partial charge in [-0.2, -0.15) is 0 Å². The van der Waals surface area contributed by atoms with Crippen molar-refractivity contribution in [3.63, 3.8) is 0 Å². The van der Waals surface area contributed by atoms with E-state index in [0.717, 1.165) is 54.5 Å². The lowest BCUT2D eigenvalue weighted by atomic mass is 9.68. The molecule has 8 heteroatoms. The molecule has 1 saturated carbocycles. The fraction of sp³-hybridized carbons (Fsp3) is 0.292. The zero-order valence-corrected chi connectivity index (χ0v) is 17.9. The third-order valence-electron chi connectivity index (χ3n) is 6.28. The molecule has 0 radical (unpaired) electrons. The summed E-state index contributed by atoms with van der Waals surface area (Å²) in [6.45, 7) is 0. The number of alkyl halides is 3. The maximum absolute atomic E-state index is 14.0. The van der Waals surface area contributed by atoms with Crippen LogP contribution < -0.4 is 9.64 Å². The third-order valence-corrected chi connectivity index (χ3v) is 6.36. The Bertz CT molecular complexity index is 1140. The van der Waals surface area contributed by atoms with Gasteiger partial charge >= 0.3 is 5.57 Å². The van der Waals surface area contributed by atoms with Crippen molar-refractivity contribution in [2.45, 2.75) is 43.1 Å². The molecule has 3 aromatic rings. The molecule has 164 valence electrons. The van der Waals surface area contributed by atoms with E-state index in [0.29, 0.717) is 5.69 Å². The second-order valence-corrected chi connectivity index (χ2v) is 8.59. The van der Waals surface area contributed by atoms with Crippen LogP contribution >= 0.6 is 11.6 Å². The molecule has 1 aliphatic carbocycles. The van der Waals surface area contributed by atoms with Crippen molar-refractivity contribution < 1.29 is 18.3 Å². The topological polar surface area (TPSA) is 55.3 Å². The van der Waals surface area contributed by atoms with Gasteiger partial charge in [0.15, 0.2) is 0 Å². The normalized spacial score (nSPS) is 17.5. The van der Waals surface area contributed by atoms with Crippen LogP contribution in [0, 0.1) is 0 Å². The van der Waals surface area contributed by atoms with Crippen molar-refractivity contribution in [1.82, 2.24) is 9.97 Å². The summed E-state index contributed by atoms with van der Waals surface area (Å²) >= 11 is 4.87. The number of carbonyl (C=O) groups excluding carboxylic acids is 1. The highest BCUT2D eigenvalue weighted by atomic mass is 35.5. The first-order chi connectivity index (χ1) is 15.4. The number of benzene rings is 2. The van der Waals surface area contributed by atoms with E-state index in [2.05, 4.69) is 14.7 Å². The zero-order valence-electron chi connectivity index (χ0n) is 17.1. The fourth-order valence-electron chi connectivity index (χ4n) is 5.01. The number of ether oxygens (including phenoxy) is 1. The Balaban J connectivity index is 1.64. The smallest absolute Gasteiger partial charge is 0.420 e. The van der Waals surface area contributed by atoms with Crippen LogP contribution in [0.15, 0.2) is 61.2 Å². The highest BCUT2D eigenvalue weighted by Crippen LogP contribution is 2.55. The molecule has 0 unspecified atom stereocenters. The number of anilines is 2. The van der Waals surface area contributed by atoms with E-state index in [1.807, 2.05) is 18.2 Å². The second-order valence-electron chi connectivity index (χ2n) is 8.15. The van der Waals surface area contributed by atoms with E-state index in [-0.39, 0.29) is 11.7 Å². The molecule has 0 atom stereocenters. The van der Waals surface area contributed by atoms with Crippen LogP contribution in [0.25, 0.3) is 11.1 Å². The summed E-state index contributed by atoms with van der Waals surface area (Å²) in [5, 5.41) is 0. The van der Waals surface area contributed by atoms with E-state index in [1.54, 1.807) is 29.4 Å². The lowest BCUT2D eigenvalue weighted by Crippen LogP contribution is -2.40. The van der Waals surface area contributed by atoms with Crippen molar-refractivity contribution in [2.24, 2.45) is 0 Å². The van der Waals surface area contributed by atoms with Gasteiger partial charge < -0.3 is 4.74 Å². The van der Waals surface area contributed by atoms with Gasteiger partial charge in [-0.3, -0.25) is 9.69 Å². The molecule has 1 spiro atoms. The van der Waals surface area contributed by atoms with Gasteiger partial charge in [0, 0.05) is 35.2 Å². The molecule has 0 bridgehead atoms. The van der Waals surface area contributed by atoms with Gasteiger partial charge in [-0.25, -0.2) is 9.97 Å². The fourth-order valence-corrected chi connectivity index (χ4v) is 5.10. The number of amides is 1. The summed E-state index contributed by atoms with van der Waals surface area (Å²) in [4.78, 5) is 24.0. The summed E-state index contributed by atoms with van der Waals surface area (Å²) in [6, 6.07) is 11.8. The number of aromatic nitrogens is 2. The minimum atomic E-state index is -3.80. The van der Waals surface area contributed by atoms with Crippen molar-refractivity contribution in [3.8, 4) is 16.9 Å². The molecule has 0 saturated heterocycles. The van der Waals surface area contributed by atoms with Crippen molar-refractivity contribution in [2.75, 3.05) is 4.90 Å². The first kappa shape index (κ1) is 20.8. The number of nitrogens with zero attached hydrogens (tertiary/aromatic N) is 3. The third kappa shape index (κ3) is 3.50. The van der Waals surface area contributed by atoms with Crippen LogP contribution in [0.2, 0.25) is 0 Å². The van der Waals surface area contributed by atoms with Gasteiger partial charge in [-0.05, 0) is 54.3 Å². The molecular weight excluding hydrogens is 436 g/mol. The predicted molar refractivity (Wildman–Crippen MR) is 117 cm³/mol. The van der Waals surface area contributed by atoms with E-state index in [9.17, 15) is 13.6 Å². The SMILES string of the molecule is O=C1N(c2ccc(OC(F)(F)Cl)cc2)c2cccc(-c3cncnc3)c2C12CCCCC2. The van der Waals surface area contributed by atoms with Gasteiger partial charge in [0.1, 0.15) is 12.1 Å². The van der Waals surface area contributed by atoms with Crippen LogP contribution in [-0.4, -0.2) is 21.4 Å². The maximum Gasteiger partial charge on any atom is 0.487 e. The Morgan fingerprint density at radius 2 is 1.69 bits per heavy atom. The molecule has 1 fully saturated rings. The van der Waals surface area contributed by atoms with Crippen molar-refractivity contribution >= 4 is 28.9 Å². The van der Waals surface area contributed by atoms with Crippen LogP contribution in [0.3, 0.4) is 0 Å². The van der Waals surface area contributed by atoms with E-state index in [4.69, 9.17) is 11.6 Å². The number of carbonyl (C=O) groups is 1. The zero-order chi connectivity index (χ0) is 22.3. The molecule has 1 aliphatic heterocycles. The van der Waals surface area contributed by atoms with E-state index in [1.165, 1.54) is 18.5 Å². The van der Waals surface area contributed by atoms with E-state index < -0.39 is 11.0 Å². The Kier molecular flexibility index (Phi) is 5.08. The maximum atomic E-state index is 14.0. The first-order valence-electron chi connectivity index (χ1n) is 10.5. The largest absolute Gasteiger partial charge is 0.487 e. The number of fused-ring (bicyclic) bond motifs is 2. The molecule has 0 N–H and O–H groups in total. The molecule has 5 nitrogen and oxygen atoms in total. The van der Waals surface area contributed by atoms with Crippen LogP contribution in [0.4, 0.5) is 20.2 Å². The minimum Gasteiger partial charge on any atom is -0.420 e. The molecule has 1 aromatic heterocycles. The second kappa shape index (κ2) is 7.81. The lowest BCUT2D eigenvalue weighted by Gasteiger charge is -2.33. The van der Waals surface area contributed by atoms with Gasteiger partial charge in [-0.1, -0.05) is 31.4 Å². The van der Waals surface area contributed by atoms with Gasteiger partial charge in [0.05, 0.1) is 11.1 Å². The Morgan fingerprint density at radius 1 is 1.00 bits per heavy atom. The summed E-state index contributed by atoms with van der Waals surface area (Å²) < 4.78 is 30.4. The van der Waals surface area contributed by atoms with Crippen molar-refractivity contribution in [3.05, 3.63) is 66.7 Å². The Hall–Kier alpha value is -3.06. The van der Waals surface area contributed by atoms with Crippen LogP contribution in [0.5, 0.6) is 5.75 Å². The van der Waals surface area contributed by atoms with E-state index >= 15 is 0 Å². The molecule has 5 rings (SSSR count). The average Bonchev–Trinajstić information content (AvgIpc) is 3.02. The van der Waals surface area contributed by atoms with Gasteiger partial charge in [-0.15, -0.1) is 8.78 Å². The molecular formula is C24H20ClF2N3O2. The number of halogens is 3. The first-order valence-corrected chi connectivity index (χ1v) is 10.9.